The molecular weight excluding hydrogens is 382 g/mol. The number of aromatic nitrogens is 3. The van der Waals surface area contributed by atoms with Gasteiger partial charge in [0.15, 0.2) is 5.69 Å². The molecule has 30 heavy (non-hydrogen) atoms. The zero-order chi connectivity index (χ0) is 21.7. The minimum Gasteiger partial charge on any atom is -0.492 e. The van der Waals surface area contributed by atoms with Crippen LogP contribution in [0.4, 0.5) is 11.4 Å². The molecule has 3 rings (SSSR count). The lowest BCUT2D eigenvalue weighted by Gasteiger charge is -2.11. The molecule has 8 nitrogen and oxygen atoms in total. The van der Waals surface area contributed by atoms with E-state index in [4.69, 9.17) is 4.74 Å². The lowest BCUT2D eigenvalue weighted by atomic mass is 10.1. The number of carbonyl (C=O) groups excluding carboxylic acids is 2. The number of ether oxygens (including phenoxy) is 1. The van der Waals surface area contributed by atoms with E-state index >= 15 is 0 Å². The van der Waals surface area contributed by atoms with Gasteiger partial charge in [-0.2, -0.15) is 0 Å². The molecule has 8 heteroatoms. The highest BCUT2D eigenvalue weighted by Gasteiger charge is 2.19. The van der Waals surface area contributed by atoms with Gasteiger partial charge < -0.3 is 15.4 Å². The minimum atomic E-state index is -0.416. The Kier molecular flexibility index (Phi) is 6.46. The van der Waals surface area contributed by atoms with Gasteiger partial charge in [-0.1, -0.05) is 29.5 Å². The molecule has 0 aliphatic rings. The van der Waals surface area contributed by atoms with Crippen molar-refractivity contribution in [1.82, 2.24) is 15.0 Å². The van der Waals surface area contributed by atoms with E-state index in [0.29, 0.717) is 23.7 Å². The average molecular weight is 407 g/mol. The van der Waals surface area contributed by atoms with E-state index in [-0.39, 0.29) is 18.1 Å². The number of nitrogens with one attached hydrogen (secondary N) is 2. The molecule has 0 unspecified atom stereocenters. The standard InChI is InChI=1S/C22H25N5O3/c1-5-30-19-12-7-6-10-18(19)24-22(29)21-16(4)27(26-25-21)13-20(28)23-17-11-8-9-14(2)15(17)3/h6-12H,5,13H2,1-4H3,(H,23,28)(H,24,29). The predicted octanol–water partition coefficient (Wildman–Crippen LogP) is 3.49. The molecule has 0 radical (unpaired) electrons. The summed E-state index contributed by atoms with van der Waals surface area (Å²) >= 11 is 0. The molecular formula is C22H25N5O3. The minimum absolute atomic E-state index is 0.0466. The Bertz CT molecular complexity index is 1070. The number of hydrogen-bond acceptors (Lipinski definition) is 5. The van der Waals surface area contributed by atoms with Gasteiger partial charge >= 0.3 is 0 Å². The van der Waals surface area contributed by atoms with Gasteiger partial charge in [0.25, 0.3) is 5.91 Å². The Balaban J connectivity index is 1.70. The highest BCUT2D eigenvalue weighted by molar-refractivity contribution is 6.04. The Labute approximate surface area is 175 Å². The fourth-order valence-corrected chi connectivity index (χ4v) is 2.97. The predicted molar refractivity (Wildman–Crippen MR) is 115 cm³/mol. The van der Waals surface area contributed by atoms with Crippen LogP contribution in [0.25, 0.3) is 0 Å². The topological polar surface area (TPSA) is 98.1 Å². The van der Waals surface area contributed by atoms with E-state index in [0.717, 1.165) is 16.8 Å². The first kappa shape index (κ1) is 21.0. The third-order valence-electron chi connectivity index (χ3n) is 4.80. The van der Waals surface area contributed by atoms with Crippen molar-refractivity contribution >= 4 is 23.2 Å². The fraction of sp³-hybridized carbons (Fsp3) is 0.273. The van der Waals surface area contributed by atoms with Crippen molar-refractivity contribution in [2.45, 2.75) is 34.2 Å². The zero-order valence-corrected chi connectivity index (χ0v) is 17.5. The summed E-state index contributed by atoms with van der Waals surface area (Å²) in [6, 6.07) is 12.9. The van der Waals surface area contributed by atoms with Crippen molar-refractivity contribution in [1.29, 1.82) is 0 Å². The molecule has 3 aromatic rings. The summed E-state index contributed by atoms with van der Waals surface area (Å²) in [4.78, 5) is 25.1. The van der Waals surface area contributed by atoms with Crippen molar-refractivity contribution in [3.05, 3.63) is 65.0 Å². The van der Waals surface area contributed by atoms with Gasteiger partial charge in [0, 0.05) is 5.69 Å². The SMILES string of the molecule is CCOc1ccccc1NC(=O)c1nnn(CC(=O)Nc2cccc(C)c2C)c1C. The third-order valence-corrected chi connectivity index (χ3v) is 4.80. The second-order valence-corrected chi connectivity index (χ2v) is 6.86. The van der Waals surface area contributed by atoms with Crippen LogP contribution >= 0.6 is 0 Å². The van der Waals surface area contributed by atoms with E-state index in [1.54, 1.807) is 25.1 Å². The third kappa shape index (κ3) is 4.65. The zero-order valence-electron chi connectivity index (χ0n) is 17.5. The Morgan fingerprint density at radius 2 is 1.73 bits per heavy atom. The number of rotatable bonds is 7. The molecule has 1 aromatic heterocycles. The van der Waals surface area contributed by atoms with Gasteiger partial charge in [-0.05, 0) is 57.0 Å². The lowest BCUT2D eigenvalue weighted by Crippen LogP contribution is -2.21. The van der Waals surface area contributed by atoms with Gasteiger partial charge in [-0.15, -0.1) is 5.10 Å². The van der Waals surface area contributed by atoms with Gasteiger partial charge in [0.05, 0.1) is 18.0 Å². The first-order valence-electron chi connectivity index (χ1n) is 9.70. The van der Waals surface area contributed by atoms with Gasteiger partial charge in [0.2, 0.25) is 5.91 Å². The number of benzene rings is 2. The summed E-state index contributed by atoms with van der Waals surface area (Å²) in [5, 5.41) is 13.6. The molecule has 2 N–H and O–H groups in total. The molecule has 0 saturated carbocycles. The molecule has 2 amide bonds. The number of para-hydroxylation sites is 2. The number of hydrogen-bond donors (Lipinski definition) is 2. The Morgan fingerprint density at radius 1 is 1.00 bits per heavy atom. The molecule has 0 fully saturated rings. The van der Waals surface area contributed by atoms with Crippen LogP contribution in [0.2, 0.25) is 0 Å². The van der Waals surface area contributed by atoms with E-state index < -0.39 is 5.91 Å². The second kappa shape index (κ2) is 9.21. The second-order valence-electron chi connectivity index (χ2n) is 6.86. The number of anilines is 2. The molecule has 0 atom stereocenters. The quantitative estimate of drug-likeness (QED) is 0.625. The maximum atomic E-state index is 12.7. The van der Waals surface area contributed by atoms with Crippen LogP contribution in [-0.4, -0.2) is 33.4 Å². The van der Waals surface area contributed by atoms with Gasteiger partial charge in [-0.25, -0.2) is 4.68 Å². The van der Waals surface area contributed by atoms with E-state index in [1.165, 1.54) is 4.68 Å². The molecule has 1 heterocycles. The van der Waals surface area contributed by atoms with Crippen molar-refractivity contribution in [3.63, 3.8) is 0 Å². The first-order valence-corrected chi connectivity index (χ1v) is 9.70. The van der Waals surface area contributed by atoms with Crippen LogP contribution in [0.15, 0.2) is 42.5 Å². The van der Waals surface area contributed by atoms with Crippen molar-refractivity contribution in [2.24, 2.45) is 0 Å². The average Bonchev–Trinajstić information content (AvgIpc) is 3.07. The number of nitrogens with zero attached hydrogens (tertiary/aromatic N) is 3. The molecule has 0 aliphatic heterocycles. The van der Waals surface area contributed by atoms with Crippen LogP contribution in [0, 0.1) is 20.8 Å². The monoisotopic (exact) mass is 407 g/mol. The van der Waals surface area contributed by atoms with Crippen LogP contribution in [0.1, 0.15) is 34.2 Å². The van der Waals surface area contributed by atoms with Crippen LogP contribution in [0.3, 0.4) is 0 Å². The van der Waals surface area contributed by atoms with E-state index in [2.05, 4.69) is 20.9 Å². The summed E-state index contributed by atoms with van der Waals surface area (Å²) < 4.78 is 6.93. The Hall–Kier alpha value is -3.68. The van der Waals surface area contributed by atoms with Gasteiger partial charge in [0.1, 0.15) is 12.3 Å². The van der Waals surface area contributed by atoms with Crippen molar-refractivity contribution in [2.75, 3.05) is 17.2 Å². The van der Waals surface area contributed by atoms with Crippen LogP contribution in [-0.2, 0) is 11.3 Å². The summed E-state index contributed by atoms with van der Waals surface area (Å²) in [6.07, 6.45) is 0. The van der Waals surface area contributed by atoms with Crippen molar-refractivity contribution < 1.29 is 14.3 Å². The highest BCUT2D eigenvalue weighted by atomic mass is 16.5. The number of aryl methyl sites for hydroxylation is 1. The normalized spacial score (nSPS) is 10.5. The number of carbonyl (C=O) groups is 2. The summed E-state index contributed by atoms with van der Waals surface area (Å²) in [6.45, 7) is 7.95. The molecule has 2 aromatic carbocycles. The van der Waals surface area contributed by atoms with E-state index in [9.17, 15) is 9.59 Å². The van der Waals surface area contributed by atoms with Crippen molar-refractivity contribution in [3.8, 4) is 5.75 Å². The molecule has 0 spiro atoms. The molecule has 0 saturated heterocycles. The summed E-state index contributed by atoms with van der Waals surface area (Å²) in [5.74, 6) is -0.0857. The Morgan fingerprint density at radius 3 is 2.50 bits per heavy atom. The molecule has 0 aliphatic carbocycles. The molecule has 0 bridgehead atoms. The summed E-state index contributed by atoms with van der Waals surface area (Å²) in [7, 11) is 0. The maximum Gasteiger partial charge on any atom is 0.278 e. The first-order chi connectivity index (χ1) is 14.4. The largest absolute Gasteiger partial charge is 0.492 e. The highest BCUT2D eigenvalue weighted by Crippen LogP contribution is 2.24. The van der Waals surface area contributed by atoms with Crippen LogP contribution < -0.4 is 15.4 Å². The summed E-state index contributed by atoms with van der Waals surface area (Å²) in [5.41, 5.74) is 4.05. The molecule has 156 valence electrons. The smallest absolute Gasteiger partial charge is 0.278 e. The van der Waals surface area contributed by atoms with Crippen LogP contribution in [0.5, 0.6) is 5.75 Å². The van der Waals surface area contributed by atoms with E-state index in [1.807, 2.05) is 45.0 Å². The maximum absolute atomic E-state index is 12.7. The lowest BCUT2D eigenvalue weighted by molar-refractivity contribution is -0.117. The fourth-order valence-electron chi connectivity index (χ4n) is 2.97. The van der Waals surface area contributed by atoms with Gasteiger partial charge in [-0.3, -0.25) is 9.59 Å². The number of amides is 2.